The van der Waals surface area contributed by atoms with Crippen molar-refractivity contribution in [2.24, 2.45) is 0 Å². The van der Waals surface area contributed by atoms with Gasteiger partial charge in [-0.25, -0.2) is 0 Å². The Hall–Kier alpha value is -0.600. The van der Waals surface area contributed by atoms with Crippen LogP contribution < -0.4 is 0 Å². The average molecular weight is 436 g/mol. The summed E-state index contributed by atoms with van der Waals surface area (Å²) in [7, 11) is 4.39. The van der Waals surface area contributed by atoms with Crippen LogP contribution in [-0.4, -0.2) is 38.3 Å². The molecule has 0 rings (SSSR count). The molecule has 31 heavy (non-hydrogen) atoms. The summed E-state index contributed by atoms with van der Waals surface area (Å²) in [6.07, 6.45) is 33.1. The smallest absolute Gasteiger partial charge is 0.0621 e. The molecule has 0 aromatic carbocycles. The largest absolute Gasteiger partial charge is 0.380 e. The molecule has 0 saturated carbocycles. The van der Waals surface area contributed by atoms with E-state index in [0.717, 1.165) is 19.6 Å². The zero-order valence-corrected chi connectivity index (χ0v) is 21.9. The van der Waals surface area contributed by atoms with Crippen LogP contribution in [-0.2, 0) is 4.74 Å². The summed E-state index contributed by atoms with van der Waals surface area (Å²) in [4.78, 5) is 2.35. The van der Waals surface area contributed by atoms with Gasteiger partial charge in [-0.05, 0) is 59.0 Å². The topological polar surface area (TPSA) is 12.5 Å². The molecule has 0 spiro atoms. The number of rotatable bonds is 24. The predicted molar refractivity (Wildman–Crippen MR) is 141 cm³/mol. The molecule has 2 nitrogen and oxygen atoms in total. The molecule has 0 amide bonds. The average Bonchev–Trinajstić information content (AvgIpc) is 2.76. The molecule has 0 N–H and O–H groups in total. The maximum atomic E-state index is 6.00. The van der Waals surface area contributed by atoms with E-state index in [9.17, 15) is 0 Å². The highest BCUT2D eigenvalue weighted by atomic mass is 16.5. The number of hydrogen-bond acceptors (Lipinski definition) is 2. The van der Waals surface area contributed by atoms with E-state index in [-0.39, 0.29) is 0 Å². The number of hydrogen-bond donors (Lipinski definition) is 0. The van der Waals surface area contributed by atoms with Gasteiger partial charge in [0, 0.05) is 12.6 Å². The SMILES string of the molecule is CCCCC/C=C\C/C=C\CCCCCCCCOC[C@H](CCCCCCC)N(C)C. The Balaban J connectivity index is 3.41. The molecule has 0 radical (unpaired) electrons. The lowest BCUT2D eigenvalue weighted by Gasteiger charge is -2.24. The lowest BCUT2D eigenvalue weighted by atomic mass is 10.1. The molecule has 184 valence electrons. The Labute approximate surface area is 196 Å². The van der Waals surface area contributed by atoms with Crippen molar-refractivity contribution in [3.63, 3.8) is 0 Å². The van der Waals surface area contributed by atoms with Crippen molar-refractivity contribution < 1.29 is 4.74 Å². The van der Waals surface area contributed by atoms with E-state index < -0.39 is 0 Å². The van der Waals surface area contributed by atoms with Crippen LogP contribution in [0.15, 0.2) is 24.3 Å². The van der Waals surface area contributed by atoms with Gasteiger partial charge in [0.15, 0.2) is 0 Å². The molecule has 0 unspecified atom stereocenters. The molecule has 0 aliphatic heterocycles. The second kappa shape index (κ2) is 25.7. The van der Waals surface area contributed by atoms with Crippen LogP contribution in [0, 0.1) is 0 Å². The zero-order valence-electron chi connectivity index (χ0n) is 21.9. The van der Waals surface area contributed by atoms with Gasteiger partial charge in [-0.2, -0.15) is 0 Å². The monoisotopic (exact) mass is 435 g/mol. The standard InChI is InChI=1S/C29H57NO/c1-5-7-9-11-12-13-14-15-16-17-18-19-20-21-23-25-27-31-28-29(30(3)4)26-24-22-10-8-6-2/h12-13,15-16,29H,5-11,14,17-28H2,1-4H3/b13-12-,16-15-/t29-/m0/s1. The van der Waals surface area contributed by atoms with Crippen molar-refractivity contribution in [1.82, 2.24) is 4.90 Å². The normalized spacial score (nSPS) is 13.2. The first-order valence-corrected chi connectivity index (χ1v) is 13.8. The molecule has 0 aromatic heterocycles. The van der Waals surface area contributed by atoms with Crippen molar-refractivity contribution in [3.05, 3.63) is 24.3 Å². The molecular formula is C29H57NO. The highest BCUT2D eigenvalue weighted by Gasteiger charge is 2.10. The van der Waals surface area contributed by atoms with Crippen LogP contribution in [0.1, 0.15) is 129 Å². The molecule has 0 aliphatic carbocycles. The third-order valence-corrected chi connectivity index (χ3v) is 6.17. The minimum atomic E-state index is 0.589. The molecular weight excluding hydrogens is 378 g/mol. The first kappa shape index (κ1) is 30.4. The molecule has 0 heterocycles. The van der Waals surface area contributed by atoms with Gasteiger partial charge in [0.25, 0.3) is 0 Å². The van der Waals surface area contributed by atoms with Crippen molar-refractivity contribution in [2.75, 3.05) is 27.3 Å². The third-order valence-electron chi connectivity index (χ3n) is 6.17. The Morgan fingerprint density at radius 1 is 0.613 bits per heavy atom. The summed E-state index contributed by atoms with van der Waals surface area (Å²) in [6.45, 7) is 6.39. The molecule has 0 aromatic rings. The molecule has 1 atom stereocenters. The van der Waals surface area contributed by atoms with Gasteiger partial charge < -0.3 is 9.64 Å². The van der Waals surface area contributed by atoms with Gasteiger partial charge in [-0.3, -0.25) is 0 Å². The minimum Gasteiger partial charge on any atom is -0.380 e. The number of allylic oxidation sites excluding steroid dienone is 4. The van der Waals surface area contributed by atoms with Crippen molar-refractivity contribution in [2.45, 2.75) is 135 Å². The van der Waals surface area contributed by atoms with Gasteiger partial charge in [0.2, 0.25) is 0 Å². The fraction of sp³-hybridized carbons (Fsp3) is 0.862. The van der Waals surface area contributed by atoms with E-state index >= 15 is 0 Å². The Morgan fingerprint density at radius 2 is 1.13 bits per heavy atom. The fourth-order valence-corrected chi connectivity index (χ4v) is 3.89. The number of unbranched alkanes of at least 4 members (excludes halogenated alkanes) is 13. The van der Waals surface area contributed by atoms with E-state index in [4.69, 9.17) is 4.74 Å². The van der Waals surface area contributed by atoms with Gasteiger partial charge >= 0.3 is 0 Å². The Morgan fingerprint density at radius 3 is 1.77 bits per heavy atom. The highest BCUT2D eigenvalue weighted by molar-refractivity contribution is 4.92. The minimum absolute atomic E-state index is 0.589. The first-order valence-electron chi connectivity index (χ1n) is 13.8. The number of ether oxygens (including phenoxy) is 1. The van der Waals surface area contributed by atoms with E-state index in [1.165, 1.54) is 109 Å². The summed E-state index contributed by atoms with van der Waals surface area (Å²) in [5.41, 5.74) is 0. The van der Waals surface area contributed by atoms with E-state index in [1.54, 1.807) is 0 Å². The number of nitrogens with zero attached hydrogens (tertiary/aromatic N) is 1. The Kier molecular flexibility index (Phi) is 25.2. The molecule has 0 aliphatic rings. The highest BCUT2D eigenvalue weighted by Crippen LogP contribution is 2.12. The van der Waals surface area contributed by atoms with E-state index in [2.05, 4.69) is 57.1 Å². The van der Waals surface area contributed by atoms with Crippen LogP contribution in [0.3, 0.4) is 0 Å². The maximum Gasteiger partial charge on any atom is 0.0621 e. The quantitative estimate of drug-likeness (QED) is 0.111. The summed E-state index contributed by atoms with van der Waals surface area (Å²) in [5, 5.41) is 0. The van der Waals surface area contributed by atoms with Gasteiger partial charge in [-0.15, -0.1) is 0 Å². The van der Waals surface area contributed by atoms with Crippen LogP contribution in [0.5, 0.6) is 0 Å². The third kappa shape index (κ3) is 23.9. The lowest BCUT2D eigenvalue weighted by Crippen LogP contribution is -2.32. The molecule has 0 bridgehead atoms. The molecule has 2 heteroatoms. The summed E-state index contributed by atoms with van der Waals surface area (Å²) >= 11 is 0. The van der Waals surface area contributed by atoms with Crippen LogP contribution in [0.2, 0.25) is 0 Å². The van der Waals surface area contributed by atoms with E-state index in [1.807, 2.05) is 0 Å². The predicted octanol–water partition coefficient (Wildman–Crippen LogP) is 9.11. The number of likely N-dealkylation sites (N-methyl/N-ethyl adjacent to an activating group) is 1. The molecule has 0 saturated heterocycles. The lowest BCUT2D eigenvalue weighted by molar-refractivity contribution is 0.0721. The van der Waals surface area contributed by atoms with Crippen LogP contribution in [0.25, 0.3) is 0 Å². The second-order valence-electron chi connectivity index (χ2n) is 9.48. The Bertz CT molecular complexity index is 388. The van der Waals surface area contributed by atoms with Crippen LogP contribution in [0.4, 0.5) is 0 Å². The zero-order chi connectivity index (χ0) is 22.8. The second-order valence-corrected chi connectivity index (χ2v) is 9.48. The van der Waals surface area contributed by atoms with Crippen molar-refractivity contribution in [1.29, 1.82) is 0 Å². The fourth-order valence-electron chi connectivity index (χ4n) is 3.89. The molecule has 0 fully saturated rings. The first-order chi connectivity index (χ1) is 15.2. The van der Waals surface area contributed by atoms with E-state index in [0.29, 0.717) is 6.04 Å². The van der Waals surface area contributed by atoms with Crippen LogP contribution >= 0.6 is 0 Å². The van der Waals surface area contributed by atoms with Crippen molar-refractivity contribution in [3.8, 4) is 0 Å². The van der Waals surface area contributed by atoms with Crippen molar-refractivity contribution >= 4 is 0 Å². The summed E-state index contributed by atoms with van der Waals surface area (Å²) < 4.78 is 6.00. The summed E-state index contributed by atoms with van der Waals surface area (Å²) in [6, 6.07) is 0.589. The van der Waals surface area contributed by atoms with Gasteiger partial charge in [0.1, 0.15) is 0 Å². The maximum absolute atomic E-state index is 6.00. The van der Waals surface area contributed by atoms with Gasteiger partial charge in [0.05, 0.1) is 6.61 Å². The summed E-state index contributed by atoms with van der Waals surface area (Å²) in [5.74, 6) is 0. The van der Waals surface area contributed by atoms with Gasteiger partial charge in [-0.1, -0.05) is 109 Å².